The zero-order valence-corrected chi connectivity index (χ0v) is 9.51. The highest BCUT2D eigenvalue weighted by Gasteiger charge is 2.20. The molecule has 1 aliphatic carbocycles. The SMILES string of the molecule is O=C(Oc1ccc2c(c1)CCC2=O)c1ccoc1. The van der Waals surface area contributed by atoms with E-state index in [1.54, 1.807) is 24.3 Å². The van der Waals surface area contributed by atoms with Crippen molar-refractivity contribution in [2.45, 2.75) is 12.8 Å². The summed E-state index contributed by atoms with van der Waals surface area (Å²) in [6, 6.07) is 6.64. The second-order valence-electron chi connectivity index (χ2n) is 4.14. The zero-order chi connectivity index (χ0) is 12.5. The Morgan fingerprint density at radius 1 is 1.22 bits per heavy atom. The number of fused-ring (bicyclic) bond motifs is 1. The maximum atomic E-state index is 11.7. The Morgan fingerprint density at radius 2 is 2.11 bits per heavy atom. The Morgan fingerprint density at radius 3 is 2.89 bits per heavy atom. The van der Waals surface area contributed by atoms with Crippen molar-refractivity contribution in [1.29, 1.82) is 0 Å². The summed E-state index contributed by atoms with van der Waals surface area (Å²) >= 11 is 0. The molecule has 0 saturated carbocycles. The number of hydrogen-bond acceptors (Lipinski definition) is 4. The van der Waals surface area contributed by atoms with Crippen molar-refractivity contribution in [2.75, 3.05) is 0 Å². The molecule has 90 valence electrons. The van der Waals surface area contributed by atoms with Crippen LogP contribution in [0.15, 0.2) is 41.2 Å². The number of hydrogen-bond donors (Lipinski definition) is 0. The summed E-state index contributed by atoms with van der Waals surface area (Å²) in [6.07, 6.45) is 4.00. The number of aryl methyl sites for hydroxylation is 1. The summed E-state index contributed by atoms with van der Waals surface area (Å²) in [4.78, 5) is 23.2. The first-order valence-electron chi connectivity index (χ1n) is 5.64. The van der Waals surface area contributed by atoms with E-state index in [4.69, 9.17) is 9.15 Å². The van der Waals surface area contributed by atoms with Gasteiger partial charge in [0, 0.05) is 12.0 Å². The summed E-state index contributed by atoms with van der Waals surface area (Å²) < 4.78 is 10.0. The number of ether oxygens (including phenoxy) is 1. The van der Waals surface area contributed by atoms with Gasteiger partial charge in [0.1, 0.15) is 12.0 Å². The van der Waals surface area contributed by atoms with Gasteiger partial charge < -0.3 is 9.15 Å². The van der Waals surface area contributed by atoms with Crippen LogP contribution in [0.4, 0.5) is 0 Å². The van der Waals surface area contributed by atoms with Crippen LogP contribution in [-0.4, -0.2) is 11.8 Å². The van der Waals surface area contributed by atoms with Crippen LogP contribution in [-0.2, 0) is 6.42 Å². The summed E-state index contributed by atoms with van der Waals surface area (Å²) in [5.74, 6) is 0.139. The van der Waals surface area contributed by atoms with E-state index < -0.39 is 5.97 Å². The summed E-state index contributed by atoms with van der Waals surface area (Å²) in [7, 11) is 0. The van der Waals surface area contributed by atoms with Crippen LogP contribution in [0.1, 0.15) is 32.7 Å². The Labute approximate surface area is 103 Å². The van der Waals surface area contributed by atoms with E-state index >= 15 is 0 Å². The Bertz CT molecular complexity index is 611. The van der Waals surface area contributed by atoms with Gasteiger partial charge in [-0.15, -0.1) is 0 Å². The molecule has 3 rings (SSSR count). The molecule has 1 aromatic heterocycles. The number of Topliss-reactive ketones (excluding diaryl/α,β-unsaturated/α-hetero) is 1. The lowest BCUT2D eigenvalue weighted by molar-refractivity contribution is 0.0734. The monoisotopic (exact) mass is 242 g/mol. The predicted molar refractivity (Wildman–Crippen MR) is 62.8 cm³/mol. The number of esters is 1. The molecule has 0 spiro atoms. The quantitative estimate of drug-likeness (QED) is 0.600. The average Bonchev–Trinajstić information content (AvgIpc) is 2.99. The van der Waals surface area contributed by atoms with Gasteiger partial charge in [-0.05, 0) is 36.2 Å². The maximum Gasteiger partial charge on any atom is 0.346 e. The molecule has 0 fully saturated rings. The molecule has 0 N–H and O–H groups in total. The van der Waals surface area contributed by atoms with E-state index in [0.717, 1.165) is 11.1 Å². The van der Waals surface area contributed by atoms with E-state index in [9.17, 15) is 9.59 Å². The van der Waals surface area contributed by atoms with E-state index in [1.807, 2.05) is 0 Å². The molecule has 0 atom stereocenters. The highest BCUT2D eigenvalue weighted by molar-refractivity contribution is 6.00. The van der Waals surface area contributed by atoms with Gasteiger partial charge in [-0.2, -0.15) is 0 Å². The summed E-state index contributed by atoms with van der Waals surface area (Å²) in [5, 5.41) is 0. The molecule has 18 heavy (non-hydrogen) atoms. The second-order valence-corrected chi connectivity index (χ2v) is 4.14. The Balaban J connectivity index is 1.82. The number of ketones is 1. The number of carbonyl (C=O) groups excluding carboxylic acids is 2. The lowest BCUT2D eigenvalue weighted by Gasteiger charge is -2.04. The van der Waals surface area contributed by atoms with Crippen molar-refractivity contribution < 1.29 is 18.7 Å². The van der Waals surface area contributed by atoms with Gasteiger partial charge in [-0.1, -0.05) is 0 Å². The molecule has 4 heteroatoms. The third-order valence-electron chi connectivity index (χ3n) is 2.97. The molecular weight excluding hydrogens is 232 g/mol. The lowest BCUT2D eigenvalue weighted by atomic mass is 10.1. The molecule has 0 amide bonds. The summed E-state index contributed by atoms with van der Waals surface area (Å²) in [6.45, 7) is 0. The fourth-order valence-corrected chi connectivity index (χ4v) is 2.04. The molecular formula is C14H10O4. The highest BCUT2D eigenvalue weighted by atomic mass is 16.5. The minimum Gasteiger partial charge on any atom is -0.472 e. The molecule has 4 nitrogen and oxygen atoms in total. The van der Waals surface area contributed by atoms with E-state index in [0.29, 0.717) is 24.2 Å². The number of furan rings is 1. The van der Waals surface area contributed by atoms with Gasteiger partial charge >= 0.3 is 5.97 Å². The first kappa shape index (κ1) is 10.8. The molecule has 1 aliphatic rings. The minimum atomic E-state index is -0.465. The predicted octanol–water partition coefficient (Wildman–Crippen LogP) is 2.63. The third kappa shape index (κ3) is 1.82. The highest BCUT2D eigenvalue weighted by Crippen LogP contribution is 2.26. The van der Waals surface area contributed by atoms with Crippen molar-refractivity contribution in [3.05, 3.63) is 53.5 Å². The smallest absolute Gasteiger partial charge is 0.346 e. The maximum absolute atomic E-state index is 11.7. The topological polar surface area (TPSA) is 56.5 Å². The zero-order valence-electron chi connectivity index (χ0n) is 9.51. The normalized spacial score (nSPS) is 13.4. The van der Waals surface area contributed by atoms with Crippen LogP contribution < -0.4 is 4.74 Å². The van der Waals surface area contributed by atoms with Crippen molar-refractivity contribution >= 4 is 11.8 Å². The Kier molecular flexibility index (Phi) is 2.48. The number of rotatable bonds is 2. The van der Waals surface area contributed by atoms with Crippen LogP contribution in [0.2, 0.25) is 0 Å². The largest absolute Gasteiger partial charge is 0.472 e. The first-order valence-corrected chi connectivity index (χ1v) is 5.64. The van der Waals surface area contributed by atoms with Gasteiger partial charge in [-0.3, -0.25) is 4.79 Å². The summed E-state index contributed by atoms with van der Waals surface area (Å²) in [5.41, 5.74) is 2.04. The molecule has 0 bridgehead atoms. The Hall–Kier alpha value is -2.36. The first-order chi connectivity index (χ1) is 8.74. The van der Waals surface area contributed by atoms with Crippen LogP contribution in [0, 0.1) is 0 Å². The molecule has 2 aromatic rings. The second kappa shape index (κ2) is 4.14. The lowest BCUT2D eigenvalue weighted by Crippen LogP contribution is -2.07. The van der Waals surface area contributed by atoms with Crippen LogP contribution >= 0.6 is 0 Å². The van der Waals surface area contributed by atoms with Gasteiger partial charge in [0.2, 0.25) is 0 Å². The van der Waals surface area contributed by atoms with Gasteiger partial charge in [0.05, 0.1) is 11.8 Å². The van der Waals surface area contributed by atoms with Gasteiger partial charge in [-0.25, -0.2) is 4.79 Å². The van der Waals surface area contributed by atoms with Crippen molar-refractivity contribution in [3.63, 3.8) is 0 Å². The van der Waals surface area contributed by atoms with E-state index in [2.05, 4.69) is 0 Å². The van der Waals surface area contributed by atoms with Gasteiger partial charge in [0.25, 0.3) is 0 Å². The number of carbonyl (C=O) groups is 2. The standard InChI is InChI=1S/C14H10O4/c15-13-4-1-9-7-11(2-3-12(9)13)18-14(16)10-5-6-17-8-10/h2-3,5-8H,1,4H2. The van der Waals surface area contributed by atoms with Crippen molar-refractivity contribution in [3.8, 4) is 5.75 Å². The van der Waals surface area contributed by atoms with Gasteiger partial charge in [0.15, 0.2) is 5.78 Å². The third-order valence-corrected chi connectivity index (χ3v) is 2.97. The van der Waals surface area contributed by atoms with Crippen LogP contribution in [0.3, 0.4) is 0 Å². The van der Waals surface area contributed by atoms with Crippen LogP contribution in [0.25, 0.3) is 0 Å². The molecule has 0 saturated heterocycles. The molecule has 1 heterocycles. The van der Waals surface area contributed by atoms with E-state index in [-0.39, 0.29) is 5.78 Å². The van der Waals surface area contributed by atoms with Crippen molar-refractivity contribution in [2.24, 2.45) is 0 Å². The molecule has 0 unspecified atom stereocenters. The fraction of sp³-hybridized carbons (Fsp3) is 0.143. The molecule has 0 radical (unpaired) electrons. The molecule has 1 aromatic carbocycles. The fourth-order valence-electron chi connectivity index (χ4n) is 2.04. The van der Waals surface area contributed by atoms with Crippen LogP contribution in [0.5, 0.6) is 5.75 Å². The number of benzene rings is 1. The molecule has 0 aliphatic heterocycles. The van der Waals surface area contributed by atoms with Crippen molar-refractivity contribution in [1.82, 2.24) is 0 Å². The van der Waals surface area contributed by atoms with E-state index in [1.165, 1.54) is 12.5 Å². The average molecular weight is 242 g/mol. The minimum absolute atomic E-state index is 0.151.